The molecule has 0 aliphatic carbocycles. The van der Waals surface area contributed by atoms with E-state index in [1.807, 2.05) is 0 Å². The second kappa shape index (κ2) is 4.75. The smallest absolute Gasteiger partial charge is 0.420 e. The number of aromatic carboxylic acids is 1. The van der Waals surface area contributed by atoms with E-state index in [9.17, 15) is 22.8 Å². The zero-order chi connectivity index (χ0) is 15.1. The monoisotopic (exact) mass is 304 g/mol. The number of hydrogen-bond acceptors (Lipinski definition) is 4. The first kappa shape index (κ1) is 14.3. The summed E-state index contributed by atoms with van der Waals surface area (Å²) >= 11 is 0.203. The summed E-state index contributed by atoms with van der Waals surface area (Å²) in [4.78, 5) is 21.8. The first-order valence-electron chi connectivity index (χ1n) is 5.19. The number of aromatic nitrogens is 2. The van der Waals surface area contributed by atoms with Crippen LogP contribution in [0.4, 0.5) is 13.2 Å². The molecule has 1 N–H and O–H groups in total. The zero-order valence-electron chi connectivity index (χ0n) is 9.93. The van der Waals surface area contributed by atoms with Crippen LogP contribution < -0.4 is 5.56 Å². The summed E-state index contributed by atoms with van der Waals surface area (Å²) in [5, 5.41) is 8.80. The Kier molecular flexibility index (Phi) is 3.38. The lowest BCUT2D eigenvalue weighted by Gasteiger charge is -2.08. The molecule has 2 aromatic rings. The number of pyridine rings is 1. The Morgan fingerprint density at radius 2 is 2.10 bits per heavy atom. The molecule has 9 heteroatoms. The Hall–Kier alpha value is -2.16. The Morgan fingerprint density at radius 3 is 2.65 bits per heavy atom. The first-order chi connectivity index (χ1) is 9.23. The lowest BCUT2D eigenvalue weighted by atomic mass is 10.1. The van der Waals surface area contributed by atoms with Crippen LogP contribution in [0.15, 0.2) is 23.1 Å². The molecule has 0 aliphatic heterocycles. The maximum absolute atomic E-state index is 13.0. The number of alkyl halides is 3. The quantitative estimate of drug-likeness (QED) is 0.923. The van der Waals surface area contributed by atoms with Crippen molar-refractivity contribution in [3.05, 3.63) is 39.1 Å². The van der Waals surface area contributed by atoms with Crippen molar-refractivity contribution in [2.75, 3.05) is 0 Å². The summed E-state index contributed by atoms with van der Waals surface area (Å²) in [6, 6.07) is 2.56. The highest BCUT2D eigenvalue weighted by atomic mass is 32.1. The average molecular weight is 304 g/mol. The Labute approximate surface area is 114 Å². The van der Waals surface area contributed by atoms with Gasteiger partial charge in [0.05, 0.1) is 5.56 Å². The van der Waals surface area contributed by atoms with Gasteiger partial charge in [0.2, 0.25) is 0 Å². The van der Waals surface area contributed by atoms with Gasteiger partial charge in [-0.1, -0.05) is 0 Å². The van der Waals surface area contributed by atoms with Gasteiger partial charge in [0.25, 0.3) is 5.56 Å². The van der Waals surface area contributed by atoms with Crippen LogP contribution in [-0.2, 0) is 13.2 Å². The normalized spacial score (nSPS) is 11.6. The van der Waals surface area contributed by atoms with Crippen molar-refractivity contribution < 1.29 is 23.1 Å². The Bertz CT molecular complexity index is 733. The fraction of sp³-hybridized carbons (Fsp3) is 0.182. The molecule has 0 atom stereocenters. The summed E-state index contributed by atoms with van der Waals surface area (Å²) in [5.74, 6) is -1.73. The fourth-order valence-corrected chi connectivity index (χ4v) is 2.41. The van der Waals surface area contributed by atoms with Crippen molar-refractivity contribution in [3.63, 3.8) is 0 Å². The van der Waals surface area contributed by atoms with E-state index in [0.717, 1.165) is 4.57 Å². The molecule has 0 amide bonds. The minimum absolute atomic E-state index is 0.203. The Morgan fingerprint density at radius 1 is 1.45 bits per heavy atom. The molecule has 106 valence electrons. The fourth-order valence-electron chi connectivity index (χ4n) is 1.66. The van der Waals surface area contributed by atoms with Crippen molar-refractivity contribution in [1.29, 1.82) is 0 Å². The molecule has 0 fully saturated rings. The first-order valence-corrected chi connectivity index (χ1v) is 5.97. The number of nitrogens with zero attached hydrogens (tertiary/aromatic N) is 2. The van der Waals surface area contributed by atoms with Gasteiger partial charge in [-0.2, -0.15) is 17.5 Å². The summed E-state index contributed by atoms with van der Waals surface area (Å²) in [7, 11) is 1.38. The number of halogens is 3. The lowest BCUT2D eigenvalue weighted by molar-refractivity contribution is -0.137. The second-order valence-corrected chi connectivity index (χ2v) is 4.65. The van der Waals surface area contributed by atoms with Crippen LogP contribution in [0.5, 0.6) is 0 Å². The minimum Gasteiger partial charge on any atom is -0.477 e. The number of rotatable bonds is 2. The van der Waals surface area contributed by atoms with Gasteiger partial charge >= 0.3 is 12.1 Å². The molecule has 2 heterocycles. The van der Waals surface area contributed by atoms with Gasteiger partial charge in [0.15, 0.2) is 0 Å². The second-order valence-electron chi connectivity index (χ2n) is 3.88. The van der Waals surface area contributed by atoms with Crippen LogP contribution in [-0.4, -0.2) is 20.0 Å². The van der Waals surface area contributed by atoms with E-state index >= 15 is 0 Å². The van der Waals surface area contributed by atoms with Crippen LogP contribution in [0.3, 0.4) is 0 Å². The van der Waals surface area contributed by atoms with Gasteiger partial charge in [-0.05, 0) is 23.7 Å². The van der Waals surface area contributed by atoms with Crippen molar-refractivity contribution in [2.45, 2.75) is 6.18 Å². The number of hydrogen-bond donors (Lipinski definition) is 1. The third kappa shape index (κ3) is 2.31. The van der Waals surface area contributed by atoms with Crippen LogP contribution in [0.25, 0.3) is 11.3 Å². The highest BCUT2D eigenvalue weighted by molar-refractivity contribution is 7.08. The zero-order valence-corrected chi connectivity index (χ0v) is 10.7. The van der Waals surface area contributed by atoms with Crippen LogP contribution in [0, 0.1) is 0 Å². The van der Waals surface area contributed by atoms with Gasteiger partial charge in [0.1, 0.15) is 16.1 Å². The van der Waals surface area contributed by atoms with Gasteiger partial charge in [-0.25, -0.2) is 4.79 Å². The van der Waals surface area contributed by atoms with Crippen LogP contribution in [0.1, 0.15) is 15.2 Å². The standard InChI is InChI=1S/C11H7F3N2O3S/c1-16-4-2-3-5(9(16)17)7-6(11(12,13)14)8(10(18)19)20-15-7/h2-4H,1H3,(H,18,19). The molecule has 0 spiro atoms. The molecule has 0 unspecified atom stereocenters. The summed E-state index contributed by atoms with van der Waals surface area (Å²) < 4.78 is 43.6. The van der Waals surface area contributed by atoms with E-state index in [4.69, 9.17) is 5.11 Å². The maximum atomic E-state index is 13.0. The van der Waals surface area contributed by atoms with E-state index in [0.29, 0.717) is 0 Å². The molecule has 0 aromatic carbocycles. The largest absolute Gasteiger partial charge is 0.477 e. The Balaban J connectivity index is 2.79. The van der Waals surface area contributed by atoms with Gasteiger partial charge in [-0.15, -0.1) is 0 Å². The molecular weight excluding hydrogens is 297 g/mol. The molecule has 0 saturated carbocycles. The van der Waals surface area contributed by atoms with Gasteiger partial charge in [0, 0.05) is 13.2 Å². The highest BCUT2D eigenvalue weighted by Crippen LogP contribution is 2.40. The molecule has 20 heavy (non-hydrogen) atoms. The van der Waals surface area contributed by atoms with Crippen LogP contribution >= 0.6 is 11.5 Å². The molecule has 0 aliphatic rings. The third-order valence-corrected chi connectivity index (χ3v) is 3.38. The number of carboxylic acid groups (broad SMARTS) is 1. The predicted molar refractivity (Wildman–Crippen MR) is 64.8 cm³/mol. The van der Waals surface area contributed by atoms with E-state index in [1.165, 1.54) is 25.4 Å². The van der Waals surface area contributed by atoms with E-state index in [-0.39, 0.29) is 17.1 Å². The lowest BCUT2D eigenvalue weighted by Crippen LogP contribution is -2.19. The molecule has 2 aromatic heterocycles. The van der Waals surface area contributed by atoms with Gasteiger partial charge in [-0.3, -0.25) is 4.79 Å². The van der Waals surface area contributed by atoms with Gasteiger partial charge < -0.3 is 9.67 Å². The van der Waals surface area contributed by atoms with Crippen molar-refractivity contribution in [3.8, 4) is 11.3 Å². The maximum Gasteiger partial charge on any atom is 0.420 e. The topological polar surface area (TPSA) is 72.2 Å². The molecule has 0 radical (unpaired) electrons. The highest BCUT2D eigenvalue weighted by Gasteiger charge is 2.41. The molecular formula is C11H7F3N2O3S. The SMILES string of the molecule is Cn1cccc(-c2nsc(C(=O)O)c2C(F)(F)F)c1=O. The number of aryl methyl sites for hydroxylation is 1. The number of carbonyl (C=O) groups is 1. The average Bonchev–Trinajstić information content (AvgIpc) is 2.77. The molecule has 5 nitrogen and oxygen atoms in total. The predicted octanol–water partition coefficient (Wildman–Crippen LogP) is 2.23. The van der Waals surface area contributed by atoms with E-state index in [1.54, 1.807) is 0 Å². The van der Waals surface area contributed by atoms with E-state index < -0.39 is 33.8 Å². The third-order valence-electron chi connectivity index (χ3n) is 2.55. The van der Waals surface area contributed by atoms with Crippen molar-refractivity contribution >= 4 is 17.5 Å². The van der Waals surface area contributed by atoms with Crippen molar-refractivity contribution in [1.82, 2.24) is 8.94 Å². The van der Waals surface area contributed by atoms with E-state index in [2.05, 4.69) is 4.37 Å². The van der Waals surface area contributed by atoms with Crippen molar-refractivity contribution in [2.24, 2.45) is 7.05 Å². The van der Waals surface area contributed by atoms with Crippen LogP contribution in [0.2, 0.25) is 0 Å². The minimum atomic E-state index is -4.91. The summed E-state index contributed by atoms with van der Waals surface area (Å²) in [5.41, 5.74) is -3.01. The summed E-state index contributed by atoms with van der Waals surface area (Å²) in [6.07, 6.45) is -3.53. The molecule has 0 saturated heterocycles. The number of carboxylic acids is 1. The molecule has 2 rings (SSSR count). The molecule has 0 bridgehead atoms. The summed E-state index contributed by atoms with van der Waals surface area (Å²) in [6.45, 7) is 0.